The van der Waals surface area contributed by atoms with Crippen molar-refractivity contribution in [2.75, 3.05) is 19.7 Å². The van der Waals surface area contributed by atoms with Gasteiger partial charge in [-0.05, 0) is 70.0 Å². The number of nitrogens with zero attached hydrogens (tertiary/aromatic N) is 3. The zero-order valence-electron chi connectivity index (χ0n) is 16.2. The largest absolute Gasteiger partial charge is 0.494 e. The third kappa shape index (κ3) is 4.51. The van der Waals surface area contributed by atoms with Crippen LogP contribution in [0.4, 0.5) is 0 Å². The summed E-state index contributed by atoms with van der Waals surface area (Å²) in [7, 11) is 0. The highest BCUT2D eigenvalue weighted by atomic mass is 16.5. The molecule has 2 aromatic carbocycles. The lowest BCUT2D eigenvalue weighted by atomic mass is 10.2. The number of unbranched alkanes of at least 4 members (excludes halogenated alkanes) is 1. The fourth-order valence-corrected chi connectivity index (χ4v) is 3.83. The molecule has 142 valence electrons. The summed E-state index contributed by atoms with van der Waals surface area (Å²) in [6.07, 6.45) is 4.77. The number of aryl methyl sites for hydroxylation is 2. The molecule has 2 heterocycles. The fraction of sp³-hybridized carbons (Fsp3) is 0.435. The molecule has 0 bridgehead atoms. The first-order valence-corrected chi connectivity index (χ1v) is 10.2. The van der Waals surface area contributed by atoms with Crippen molar-refractivity contribution in [1.82, 2.24) is 14.5 Å². The van der Waals surface area contributed by atoms with Gasteiger partial charge >= 0.3 is 0 Å². The molecule has 4 heteroatoms. The lowest BCUT2D eigenvalue weighted by Gasteiger charge is -2.16. The standard InChI is InChI=1S/C23H29N3O/c1-19-10-12-20(13-11-19)27-17-7-6-16-26-22-9-3-2-8-21(22)24-23(26)18-25-14-4-5-15-25/h2-3,8-13H,4-7,14-18H2,1H3. The summed E-state index contributed by atoms with van der Waals surface area (Å²) in [5.74, 6) is 2.17. The molecule has 3 aromatic rings. The van der Waals surface area contributed by atoms with Crippen LogP contribution >= 0.6 is 0 Å². The van der Waals surface area contributed by atoms with Crippen molar-refractivity contribution >= 4 is 11.0 Å². The number of aromatic nitrogens is 2. The van der Waals surface area contributed by atoms with Crippen molar-refractivity contribution in [2.45, 2.75) is 45.7 Å². The van der Waals surface area contributed by atoms with E-state index in [1.807, 2.05) is 12.1 Å². The van der Waals surface area contributed by atoms with Crippen molar-refractivity contribution in [2.24, 2.45) is 0 Å². The van der Waals surface area contributed by atoms with Gasteiger partial charge in [-0.25, -0.2) is 4.98 Å². The molecule has 1 aliphatic heterocycles. The Labute approximate surface area is 161 Å². The molecule has 0 spiro atoms. The van der Waals surface area contributed by atoms with Crippen LogP contribution in [0.25, 0.3) is 11.0 Å². The minimum atomic E-state index is 0.761. The monoisotopic (exact) mass is 363 g/mol. The van der Waals surface area contributed by atoms with E-state index in [9.17, 15) is 0 Å². The topological polar surface area (TPSA) is 30.3 Å². The second-order valence-electron chi connectivity index (χ2n) is 7.52. The molecule has 0 amide bonds. The summed E-state index contributed by atoms with van der Waals surface area (Å²) in [4.78, 5) is 7.45. The van der Waals surface area contributed by atoms with Crippen molar-refractivity contribution in [3.63, 3.8) is 0 Å². The van der Waals surface area contributed by atoms with Gasteiger partial charge < -0.3 is 9.30 Å². The number of ether oxygens (including phenoxy) is 1. The lowest BCUT2D eigenvalue weighted by Crippen LogP contribution is -2.21. The predicted octanol–water partition coefficient (Wildman–Crippen LogP) is 4.80. The summed E-state index contributed by atoms with van der Waals surface area (Å²) in [5, 5.41) is 0. The van der Waals surface area contributed by atoms with E-state index in [2.05, 4.69) is 52.8 Å². The second kappa shape index (κ2) is 8.57. The summed E-state index contributed by atoms with van der Waals surface area (Å²) in [6, 6.07) is 16.8. The Morgan fingerprint density at radius 1 is 0.963 bits per heavy atom. The maximum Gasteiger partial charge on any atom is 0.124 e. The molecule has 1 fully saturated rings. The molecule has 0 aliphatic carbocycles. The average molecular weight is 364 g/mol. The molecule has 4 nitrogen and oxygen atoms in total. The van der Waals surface area contributed by atoms with Gasteiger partial charge in [0, 0.05) is 6.54 Å². The molecular formula is C23H29N3O. The van der Waals surface area contributed by atoms with Crippen molar-refractivity contribution < 1.29 is 4.74 Å². The molecule has 4 rings (SSSR count). The van der Waals surface area contributed by atoms with Crippen LogP contribution in [0.1, 0.15) is 37.1 Å². The Kier molecular flexibility index (Phi) is 5.73. The van der Waals surface area contributed by atoms with Gasteiger partial charge in [-0.1, -0.05) is 29.8 Å². The maximum atomic E-state index is 5.87. The smallest absolute Gasteiger partial charge is 0.124 e. The Bertz CT molecular complexity index is 863. The second-order valence-corrected chi connectivity index (χ2v) is 7.52. The fourth-order valence-electron chi connectivity index (χ4n) is 3.83. The number of para-hydroxylation sites is 2. The molecule has 1 aliphatic rings. The quantitative estimate of drug-likeness (QED) is 0.539. The first-order chi connectivity index (χ1) is 13.3. The van der Waals surface area contributed by atoms with Crippen molar-refractivity contribution in [3.05, 3.63) is 59.9 Å². The highest BCUT2D eigenvalue weighted by Gasteiger charge is 2.17. The number of imidazole rings is 1. The van der Waals surface area contributed by atoms with E-state index in [-0.39, 0.29) is 0 Å². The van der Waals surface area contributed by atoms with Gasteiger partial charge in [-0.2, -0.15) is 0 Å². The van der Waals surface area contributed by atoms with Gasteiger partial charge in [0.2, 0.25) is 0 Å². The Balaban J connectivity index is 1.36. The van der Waals surface area contributed by atoms with Crippen molar-refractivity contribution in [3.8, 4) is 5.75 Å². The average Bonchev–Trinajstić information content (AvgIpc) is 3.31. The Hall–Kier alpha value is -2.33. The van der Waals surface area contributed by atoms with Gasteiger partial charge in [0.05, 0.1) is 24.2 Å². The van der Waals surface area contributed by atoms with Crippen LogP contribution in [0.3, 0.4) is 0 Å². The molecule has 0 atom stereocenters. The van der Waals surface area contributed by atoms with Gasteiger partial charge in [-0.3, -0.25) is 4.90 Å². The van der Waals surface area contributed by atoms with E-state index in [1.54, 1.807) is 0 Å². The van der Waals surface area contributed by atoms with Crippen molar-refractivity contribution in [1.29, 1.82) is 0 Å². The van der Waals surface area contributed by atoms with E-state index in [4.69, 9.17) is 9.72 Å². The summed E-state index contributed by atoms with van der Waals surface area (Å²) in [6.45, 7) is 7.23. The highest BCUT2D eigenvalue weighted by molar-refractivity contribution is 5.75. The predicted molar refractivity (Wildman–Crippen MR) is 110 cm³/mol. The molecule has 27 heavy (non-hydrogen) atoms. The summed E-state index contributed by atoms with van der Waals surface area (Å²) < 4.78 is 8.29. The normalized spacial score (nSPS) is 14.9. The number of fused-ring (bicyclic) bond motifs is 1. The van der Waals surface area contributed by atoms with Crippen LogP contribution in [0.2, 0.25) is 0 Å². The van der Waals surface area contributed by atoms with E-state index >= 15 is 0 Å². The Morgan fingerprint density at radius 2 is 1.74 bits per heavy atom. The number of hydrogen-bond donors (Lipinski definition) is 0. The molecule has 0 N–H and O–H groups in total. The number of hydrogen-bond acceptors (Lipinski definition) is 3. The van der Waals surface area contributed by atoms with Crippen LogP contribution < -0.4 is 4.74 Å². The number of likely N-dealkylation sites (tertiary alicyclic amines) is 1. The van der Waals surface area contributed by atoms with E-state index in [0.29, 0.717) is 0 Å². The third-order valence-electron chi connectivity index (χ3n) is 5.36. The molecule has 0 radical (unpaired) electrons. The third-order valence-corrected chi connectivity index (χ3v) is 5.36. The van der Waals surface area contributed by atoms with Gasteiger partial charge in [-0.15, -0.1) is 0 Å². The van der Waals surface area contributed by atoms with E-state index in [0.717, 1.165) is 43.8 Å². The van der Waals surface area contributed by atoms with Crippen LogP contribution in [0, 0.1) is 6.92 Å². The van der Waals surface area contributed by atoms with Gasteiger partial charge in [0.25, 0.3) is 0 Å². The highest BCUT2D eigenvalue weighted by Crippen LogP contribution is 2.20. The van der Waals surface area contributed by atoms with Gasteiger partial charge in [0.15, 0.2) is 0 Å². The van der Waals surface area contributed by atoms with Crippen LogP contribution in [-0.2, 0) is 13.1 Å². The van der Waals surface area contributed by atoms with Gasteiger partial charge in [0.1, 0.15) is 11.6 Å². The first kappa shape index (κ1) is 18.1. The minimum absolute atomic E-state index is 0.761. The van der Waals surface area contributed by atoms with Crippen LogP contribution in [-0.4, -0.2) is 34.1 Å². The first-order valence-electron chi connectivity index (χ1n) is 10.2. The molecule has 0 saturated carbocycles. The summed E-state index contributed by atoms with van der Waals surface area (Å²) >= 11 is 0. The zero-order valence-corrected chi connectivity index (χ0v) is 16.2. The number of rotatable bonds is 8. The summed E-state index contributed by atoms with van der Waals surface area (Å²) in [5.41, 5.74) is 3.63. The zero-order chi connectivity index (χ0) is 18.5. The van der Waals surface area contributed by atoms with Crippen LogP contribution in [0.5, 0.6) is 5.75 Å². The molecule has 1 aromatic heterocycles. The molecular weight excluding hydrogens is 334 g/mol. The SMILES string of the molecule is Cc1ccc(OCCCCn2c(CN3CCCC3)nc3ccccc32)cc1. The molecule has 0 unspecified atom stereocenters. The lowest BCUT2D eigenvalue weighted by molar-refractivity contribution is 0.298. The maximum absolute atomic E-state index is 5.87. The van der Waals surface area contributed by atoms with E-state index < -0.39 is 0 Å². The number of benzene rings is 2. The Morgan fingerprint density at radius 3 is 2.56 bits per heavy atom. The van der Waals surface area contributed by atoms with Crippen LogP contribution in [0.15, 0.2) is 48.5 Å². The van der Waals surface area contributed by atoms with E-state index in [1.165, 1.54) is 42.8 Å². The minimum Gasteiger partial charge on any atom is -0.494 e. The molecule has 1 saturated heterocycles.